The number of rotatable bonds is 5. The second kappa shape index (κ2) is 11.1. The van der Waals surface area contributed by atoms with Crippen LogP contribution in [0.25, 0.3) is 66.1 Å². The normalized spacial score (nSPS) is 11.6. The lowest BCUT2D eigenvalue weighted by Gasteiger charge is -2.33. The summed E-state index contributed by atoms with van der Waals surface area (Å²) in [5.74, 6) is 0. The molecule has 8 aromatic rings. The lowest BCUT2D eigenvalue weighted by molar-refractivity contribution is 1.22. The van der Waals surface area contributed by atoms with Gasteiger partial charge in [0, 0.05) is 17.1 Å². The summed E-state index contributed by atoms with van der Waals surface area (Å²) < 4.78 is 0. The highest BCUT2D eigenvalue weighted by Gasteiger charge is 2.32. The first-order valence-corrected chi connectivity index (χ1v) is 16.8. The van der Waals surface area contributed by atoms with Crippen molar-refractivity contribution < 1.29 is 0 Å². The minimum Gasteiger partial charge on any atom is -0.310 e. The number of para-hydroxylation sites is 1. The first-order valence-electron chi connectivity index (χ1n) is 16.8. The molecule has 0 radical (unpaired) electrons. The fraction of sp³-hybridized carbons (Fsp3) is 0.0638. The first-order chi connectivity index (χ1) is 23.6. The number of fused-ring (bicyclic) bond motifs is 6. The van der Waals surface area contributed by atoms with Crippen molar-refractivity contribution in [2.24, 2.45) is 0 Å². The Morgan fingerprint density at radius 3 is 1.52 bits per heavy atom. The quantitative estimate of drug-likeness (QED) is 0.187. The van der Waals surface area contributed by atoms with E-state index in [-0.39, 0.29) is 0 Å². The fourth-order valence-corrected chi connectivity index (χ4v) is 7.84. The zero-order valence-corrected chi connectivity index (χ0v) is 27.5. The van der Waals surface area contributed by atoms with Gasteiger partial charge in [-0.2, -0.15) is 0 Å². The molecular formula is C47H35N. The van der Waals surface area contributed by atoms with Gasteiger partial charge in [-0.25, -0.2) is 0 Å². The van der Waals surface area contributed by atoms with Gasteiger partial charge in [0.2, 0.25) is 0 Å². The third-order valence-corrected chi connectivity index (χ3v) is 10.0. The third-order valence-electron chi connectivity index (χ3n) is 10.0. The van der Waals surface area contributed by atoms with E-state index in [0.29, 0.717) is 0 Å². The summed E-state index contributed by atoms with van der Waals surface area (Å²) in [5, 5.41) is 5.08. The molecule has 9 rings (SSSR count). The number of anilines is 3. The molecule has 0 fully saturated rings. The average Bonchev–Trinajstić information content (AvgIpc) is 3.12. The summed E-state index contributed by atoms with van der Waals surface area (Å²) >= 11 is 0. The molecule has 0 spiro atoms. The third kappa shape index (κ3) is 4.39. The van der Waals surface area contributed by atoms with Gasteiger partial charge in [0.25, 0.3) is 0 Å². The first kappa shape index (κ1) is 28.3. The van der Waals surface area contributed by atoms with Gasteiger partial charge in [0.05, 0.1) is 0 Å². The van der Waals surface area contributed by atoms with Gasteiger partial charge >= 0.3 is 0 Å². The Labute approximate surface area is 282 Å². The molecule has 1 nitrogen and oxygen atoms in total. The predicted octanol–water partition coefficient (Wildman–Crippen LogP) is 13.4. The molecule has 1 heteroatoms. The maximum Gasteiger partial charge on any atom is 0.0491 e. The van der Waals surface area contributed by atoms with Crippen LogP contribution in [0.15, 0.2) is 158 Å². The van der Waals surface area contributed by atoms with Crippen molar-refractivity contribution >= 4 is 38.6 Å². The molecule has 228 valence electrons. The van der Waals surface area contributed by atoms with Crippen LogP contribution in [0.4, 0.5) is 17.1 Å². The number of benzene rings is 8. The molecule has 0 amide bonds. The van der Waals surface area contributed by atoms with Crippen molar-refractivity contribution in [1.82, 2.24) is 0 Å². The summed E-state index contributed by atoms with van der Waals surface area (Å²) in [6.45, 7) is 6.58. The van der Waals surface area contributed by atoms with E-state index in [4.69, 9.17) is 0 Å². The van der Waals surface area contributed by atoms with Crippen molar-refractivity contribution in [2.45, 2.75) is 20.8 Å². The Hall–Kier alpha value is -5.92. The molecule has 0 atom stereocenters. The minimum absolute atomic E-state index is 1.16. The van der Waals surface area contributed by atoms with Crippen LogP contribution < -0.4 is 4.90 Å². The molecule has 8 aromatic carbocycles. The maximum absolute atomic E-state index is 2.44. The van der Waals surface area contributed by atoms with Crippen molar-refractivity contribution in [1.29, 1.82) is 0 Å². The van der Waals surface area contributed by atoms with Crippen molar-refractivity contribution in [3.05, 3.63) is 174 Å². The SMILES string of the molecule is Cc1ccc(N(c2ccc3cc4c(cc3c2)-c2c-4c(-c3ccccc3)c3ccccc3c2-c2ccccc2)c2ccccc2C)c(C)c1. The molecule has 0 N–H and O–H groups in total. The average molecular weight is 614 g/mol. The number of hydrogen-bond donors (Lipinski definition) is 0. The van der Waals surface area contributed by atoms with Gasteiger partial charge in [0.1, 0.15) is 0 Å². The van der Waals surface area contributed by atoms with E-state index in [1.807, 2.05) is 0 Å². The molecule has 1 aliphatic carbocycles. The Balaban J connectivity index is 1.30. The summed E-state index contributed by atoms with van der Waals surface area (Å²) in [6, 6.07) is 58.0. The summed E-state index contributed by atoms with van der Waals surface area (Å²) in [5.41, 5.74) is 17.9. The van der Waals surface area contributed by atoms with Gasteiger partial charge < -0.3 is 4.90 Å². The monoisotopic (exact) mass is 613 g/mol. The molecule has 48 heavy (non-hydrogen) atoms. The summed E-state index contributed by atoms with van der Waals surface area (Å²) in [4.78, 5) is 2.42. The van der Waals surface area contributed by atoms with Crippen molar-refractivity contribution in [3.8, 4) is 44.5 Å². The molecule has 0 unspecified atom stereocenters. The minimum atomic E-state index is 1.16. The van der Waals surface area contributed by atoms with Gasteiger partial charge in [-0.3, -0.25) is 0 Å². The Kier molecular flexibility index (Phi) is 6.55. The number of nitrogens with zero attached hydrogens (tertiary/aromatic N) is 1. The highest BCUT2D eigenvalue weighted by atomic mass is 15.1. The van der Waals surface area contributed by atoms with E-state index in [2.05, 4.69) is 183 Å². The van der Waals surface area contributed by atoms with Crippen LogP contribution in [0.2, 0.25) is 0 Å². The van der Waals surface area contributed by atoms with Gasteiger partial charge in [0.15, 0.2) is 0 Å². The lowest BCUT2D eigenvalue weighted by atomic mass is 9.70. The smallest absolute Gasteiger partial charge is 0.0491 e. The molecule has 1 aliphatic rings. The number of aryl methyl sites for hydroxylation is 3. The van der Waals surface area contributed by atoms with Crippen LogP contribution in [0.3, 0.4) is 0 Å². The van der Waals surface area contributed by atoms with E-state index >= 15 is 0 Å². The van der Waals surface area contributed by atoms with Crippen LogP contribution in [-0.4, -0.2) is 0 Å². The maximum atomic E-state index is 2.44. The van der Waals surface area contributed by atoms with E-state index in [1.165, 1.54) is 94.1 Å². The van der Waals surface area contributed by atoms with Crippen LogP contribution >= 0.6 is 0 Å². The summed E-state index contributed by atoms with van der Waals surface area (Å²) in [7, 11) is 0. The van der Waals surface area contributed by atoms with E-state index in [9.17, 15) is 0 Å². The van der Waals surface area contributed by atoms with Gasteiger partial charge in [-0.1, -0.05) is 127 Å². The van der Waals surface area contributed by atoms with Gasteiger partial charge in [-0.15, -0.1) is 0 Å². The topological polar surface area (TPSA) is 3.24 Å². The molecule has 0 aromatic heterocycles. The van der Waals surface area contributed by atoms with Crippen LogP contribution in [0, 0.1) is 20.8 Å². The second-order valence-corrected chi connectivity index (χ2v) is 13.1. The molecule has 0 saturated carbocycles. The molecular weight excluding hydrogens is 579 g/mol. The zero-order valence-electron chi connectivity index (χ0n) is 27.5. The molecule has 0 aliphatic heterocycles. The van der Waals surface area contributed by atoms with Crippen molar-refractivity contribution in [3.63, 3.8) is 0 Å². The largest absolute Gasteiger partial charge is 0.310 e. The van der Waals surface area contributed by atoms with Gasteiger partial charge in [-0.05, 0) is 134 Å². The standard InChI is InChI=1S/C47H35N/c1-30-22-25-43(32(3)26-30)48(42-21-13-10-14-31(42)2)37-24-23-35-28-40-41(29-36(35)27-37)47-45(34-17-8-5-9-18-34)39-20-12-11-19-38(39)44(46(40)47)33-15-6-4-7-16-33/h4-29H,1-3H3. The second-order valence-electron chi connectivity index (χ2n) is 13.1. The highest BCUT2D eigenvalue weighted by molar-refractivity contribution is 6.26. The molecule has 0 bridgehead atoms. The van der Waals surface area contributed by atoms with Crippen LogP contribution in [-0.2, 0) is 0 Å². The molecule has 0 saturated heterocycles. The Bertz CT molecular complexity index is 2530. The Morgan fingerprint density at radius 1 is 0.375 bits per heavy atom. The summed E-state index contributed by atoms with van der Waals surface area (Å²) in [6.07, 6.45) is 0. The van der Waals surface area contributed by atoms with Crippen molar-refractivity contribution in [2.75, 3.05) is 4.90 Å². The highest BCUT2D eigenvalue weighted by Crippen LogP contribution is 2.59. The van der Waals surface area contributed by atoms with E-state index in [0.717, 1.165) is 5.69 Å². The fourth-order valence-electron chi connectivity index (χ4n) is 7.84. The number of hydrogen-bond acceptors (Lipinski definition) is 1. The zero-order chi connectivity index (χ0) is 32.4. The molecule has 0 heterocycles. The van der Waals surface area contributed by atoms with Crippen LogP contribution in [0.1, 0.15) is 16.7 Å². The lowest BCUT2D eigenvalue weighted by Crippen LogP contribution is -2.13. The van der Waals surface area contributed by atoms with E-state index < -0.39 is 0 Å². The van der Waals surface area contributed by atoms with Crippen LogP contribution in [0.5, 0.6) is 0 Å². The predicted molar refractivity (Wildman–Crippen MR) is 206 cm³/mol. The Morgan fingerprint density at radius 2 is 0.917 bits per heavy atom. The van der Waals surface area contributed by atoms with E-state index in [1.54, 1.807) is 0 Å².